The van der Waals surface area contributed by atoms with Gasteiger partial charge in [-0.2, -0.15) is 5.01 Å². The van der Waals surface area contributed by atoms with Crippen LogP contribution in [0.5, 0.6) is 0 Å². The maximum Gasteiger partial charge on any atom is 0.270 e. The van der Waals surface area contributed by atoms with Gasteiger partial charge >= 0.3 is 0 Å². The van der Waals surface area contributed by atoms with E-state index in [4.69, 9.17) is 0 Å². The van der Waals surface area contributed by atoms with Gasteiger partial charge in [0.1, 0.15) is 0 Å². The molecule has 1 aromatic carbocycles. The molecule has 5 aliphatic rings. The Hall–Kier alpha value is -2.43. The molecule has 1 N–H and O–H groups in total. The highest BCUT2D eigenvalue weighted by Gasteiger charge is 2.67. The van der Waals surface area contributed by atoms with Crippen LogP contribution in [0.2, 0.25) is 0 Å². The summed E-state index contributed by atoms with van der Waals surface area (Å²) in [4.78, 5) is 37.7. The number of rotatable bonds is 2. The van der Waals surface area contributed by atoms with Gasteiger partial charge in [0.25, 0.3) is 17.7 Å². The zero-order valence-electron chi connectivity index (χ0n) is 12.4. The van der Waals surface area contributed by atoms with E-state index in [9.17, 15) is 14.4 Å². The van der Waals surface area contributed by atoms with E-state index in [1.54, 1.807) is 24.3 Å². The summed E-state index contributed by atoms with van der Waals surface area (Å²) in [6.07, 6.45) is 5.37. The molecule has 116 valence electrons. The number of hydrogen-bond donors (Lipinski definition) is 1. The molecule has 0 aromatic heterocycles. The van der Waals surface area contributed by atoms with Gasteiger partial charge in [-0.15, -0.1) is 0 Å². The first-order valence-corrected chi connectivity index (χ1v) is 8.09. The van der Waals surface area contributed by atoms with Crippen LogP contribution in [0.3, 0.4) is 0 Å². The molecular formula is C18H16N2O3. The van der Waals surface area contributed by atoms with E-state index in [1.165, 1.54) is 0 Å². The van der Waals surface area contributed by atoms with Gasteiger partial charge in [0.2, 0.25) is 0 Å². The predicted octanol–water partition coefficient (Wildman–Crippen LogP) is 1.38. The van der Waals surface area contributed by atoms with Gasteiger partial charge in [-0.25, -0.2) is 0 Å². The fraction of sp³-hybridized carbons (Fsp3) is 0.389. The molecule has 6 atom stereocenters. The minimum atomic E-state index is -0.420. The van der Waals surface area contributed by atoms with Crippen molar-refractivity contribution in [2.45, 2.75) is 6.42 Å². The number of amides is 3. The number of nitrogens with zero attached hydrogens (tertiary/aromatic N) is 1. The second kappa shape index (κ2) is 4.31. The number of carbonyl (C=O) groups excluding carboxylic acids is 3. The molecule has 3 amide bonds. The lowest BCUT2D eigenvalue weighted by molar-refractivity contribution is -0.143. The average molecular weight is 308 g/mol. The molecule has 1 saturated heterocycles. The van der Waals surface area contributed by atoms with Crippen LogP contribution >= 0.6 is 0 Å². The number of carbonyl (C=O) groups is 3. The summed E-state index contributed by atoms with van der Waals surface area (Å²) in [5.41, 5.74) is 2.95. The third-order valence-corrected chi connectivity index (χ3v) is 5.91. The molecule has 2 bridgehead atoms. The molecule has 6 rings (SSSR count). The standard InChI is InChI=1S/C18H16N2O3/c21-16(9-4-2-1-3-5-9)19-20-17(22)14-10-6-7-11(13-8-12(10)13)15(14)18(20)23/h1-7,10-15H,8H2,(H,19,21)/t10-,11-,12-,13+,14-,15-/m1/s1. The normalized spacial score (nSPS) is 39.2. The van der Waals surface area contributed by atoms with E-state index in [0.29, 0.717) is 17.4 Å². The van der Waals surface area contributed by atoms with E-state index < -0.39 is 5.91 Å². The Morgan fingerprint density at radius 2 is 1.52 bits per heavy atom. The lowest BCUT2D eigenvalue weighted by Gasteiger charge is -2.37. The summed E-state index contributed by atoms with van der Waals surface area (Å²) in [5, 5.41) is 0.975. The third-order valence-electron chi connectivity index (χ3n) is 5.91. The zero-order valence-corrected chi connectivity index (χ0v) is 12.4. The van der Waals surface area contributed by atoms with Crippen molar-refractivity contribution < 1.29 is 14.4 Å². The van der Waals surface area contributed by atoms with Crippen molar-refractivity contribution >= 4 is 17.7 Å². The molecule has 1 aliphatic heterocycles. The van der Waals surface area contributed by atoms with Crippen LogP contribution in [0.15, 0.2) is 42.5 Å². The van der Waals surface area contributed by atoms with Crippen LogP contribution in [0.25, 0.3) is 0 Å². The number of imide groups is 1. The molecule has 3 fully saturated rings. The largest absolute Gasteiger partial charge is 0.272 e. The topological polar surface area (TPSA) is 66.5 Å². The molecule has 5 heteroatoms. The van der Waals surface area contributed by atoms with Gasteiger partial charge in [-0.05, 0) is 42.2 Å². The minimum Gasteiger partial charge on any atom is -0.272 e. The molecule has 1 heterocycles. The van der Waals surface area contributed by atoms with Gasteiger partial charge < -0.3 is 0 Å². The summed E-state index contributed by atoms with van der Waals surface area (Å²) in [7, 11) is 0. The zero-order chi connectivity index (χ0) is 15.7. The summed E-state index contributed by atoms with van der Waals surface area (Å²) >= 11 is 0. The summed E-state index contributed by atoms with van der Waals surface area (Å²) < 4.78 is 0. The van der Waals surface area contributed by atoms with Crippen molar-refractivity contribution in [2.24, 2.45) is 35.5 Å². The highest BCUT2D eigenvalue weighted by atomic mass is 16.2. The van der Waals surface area contributed by atoms with Gasteiger partial charge in [0.15, 0.2) is 0 Å². The van der Waals surface area contributed by atoms with E-state index in [2.05, 4.69) is 17.6 Å². The Labute approximate surface area is 133 Å². The first-order chi connectivity index (χ1) is 11.2. The fourth-order valence-corrected chi connectivity index (χ4v) is 4.82. The molecule has 2 saturated carbocycles. The Balaban J connectivity index is 1.42. The Morgan fingerprint density at radius 3 is 2.09 bits per heavy atom. The summed E-state index contributed by atoms with van der Waals surface area (Å²) in [5.74, 6) is 0.00438. The molecule has 1 aromatic rings. The van der Waals surface area contributed by atoms with Crippen molar-refractivity contribution in [1.29, 1.82) is 0 Å². The third kappa shape index (κ3) is 1.65. The van der Waals surface area contributed by atoms with E-state index >= 15 is 0 Å². The van der Waals surface area contributed by atoms with Gasteiger partial charge in [-0.3, -0.25) is 19.8 Å². The quantitative estimate of drug-likeness (QED) is 0.663. The van der Waals surface area contributed by atoms with Crippen LogP contribution in [-0.4, -0.2) is 22.7 Å². The second-order valence-corrected chi connectivity index (χ2v) is 6.97. The maximum absolute atomic E-state index is 12.7. The first-order valence-electron chi connectivity index (χ1n) is 8.09. The molecule has 0 spiro atoms. The Bertz CT molecular complexity index is 721. The first kappa shape index (κ1) is 13.0. The SMILES string of the molecule is O=C(NN1C(=O)[C@@H]2[C@@H]3C=C[C@H]([C@@H]4C[C@H]34)[C@H]2C1=O)c1ccccc1. The van der Waals surface area contributed by atoms with Gasteiger partial charge in [0, 0.05) is 5.56 Å². The highest BCUT2D eigenvalue weighted by Crippen LogP contribution is 2.65. The molecule has 0 radical (unpaired) electrons. The molecule has 5 nitrogen and oxygen atoms in total. The summed E-state index contributed by atoms with van der Waals surface area (Å²) in [6, 6.07) is 8.63. The maximum atomic E-state index is 12.7. The van der Waals surface area contributed by atoms with Crippen molar-refractivity contribution in [3.05, 3.63) is 48.0 Å². The monoisotopic (exact) mass is 308 g/mol. The van der Waals surface area contributed by atoms with Crippen LogP contribution in [0.1, 0.15) is 16.8 Å². The van der Waals surface area contributed by atoms with Gasteiger partial charge in [0.05, 0.1) is 11.8 Å². The van der Waals surface area contributed by atoms with E-state index in [-0.39, 0.29) is 35.5 Å². The number of benzene rings is 1. The number of hydrazine groups is 1. The molecule has 4 aliphatic carbocycles. The Kier molecular flexibility index (Phi) is 2.45. The summed E-state index contributed by atoms with van der Waals surface area (Å²) in [6.45, 7) is 0. The second-order valence-electron chi connectivity index (χ2n) is 6.97. The van der Waals surface area contributed by atoms with Crippen LogP contribution < -0.4 is 5.43 Å². The minimum absolute atomic E-state index is 0.171. The highest BCUT2D eigenvalue weighted by molar-refractivity contribution is 6.08. The number of nitrogens with one attached hydrogen (secondary N) is 1. The van der Waals surface area contributed by atoms with E-state index in [1.807, 2.05) is 6.07 Å². The lowest BCUT2D eigenvalue weighted by Crippen LogP contribution is -2.46. The lowest BCUT2D eigenvalue weighted by atomic mass is 9.63. The van der Waals surface area contributed by atoms with Crippen molar-refractivity contribution in [3.8, 4) is 0 Å². The number of hydrogen-bond acceptors (Lipinski definition) is 3. The Morgan fingerprint density at radius 1 is 0.957 bits per heavy atom. The number of allylic oxidation sites excluding steroid dienone is 2. The van der Waals surface area contributed by atoms with Crippen LogP contribution in [0, 0.1) is 35.5 Å². The van der Waals surface area contributed by atoms with Crippen molar-refractivity contribution in [2.75, 3.05) is 0 Å². The smallest absolute Gasteiger partial charge is 0.270 e. The van der Waals surface area contributed by atoms with Crippen LogP contribution in [0.4, 0.5) is 0 Å². The molecule has 23 heavy (non-hydrogen) atoms. The predicted molar refractivity (Wildman–Crippen MR) is 80.5 cm³/mol. The van der Waals surface area contributed by atoms with Gasteiger partial charge in [-0.1, -0.05) is 30.4 Å². The van der Waals surface area contributed by atoms with Crippen molar-refractivity contribution in [1.82, 2.24) is 10.4 Å². The van der Waals surface area contributed by atoms with Crippen LogP contribution in [-0.2, 0) is 9.59 Å². The fourth-order valence-electron chi connectivity index (χ4n) is 4.82. The molecule has 0 unspecified atom stereocenters. The molecular weight excluding hydrogens is 292 g/mol. The van der Waals surface area contributed by atoms with E-state index in [0.717, 1.165) is 11.4 Å². The average Bonchev–Trinajstić information content (AvgIpc) is 3.37. The van der Waals surface area contributed by atoms with Crippen molar-refractivity contribution in [3.63, 3.8) is 0 Å².